The summed E-state index contributed by atoms with van der Waals surface area (Å²) < 4.78 is 0. The summed E-state index contributed by atoms with van der Waals surface area (Å²) in [6, 6.07) is 4.14. The molecule has 0 saturated heterocycles. The minimum atomic E-state index is -1.12. The van der Waals surface area contributed by atoms with Gasteiger partial charge >= 0.3 is 11.9 Å². The van der Waals surface area contributed by atoms with E-state index in [4.69, 9.17) is 10.2 Å². The molecule has 2 N–H and O–H groups in total. The monoisotopic (exact) mass is 233 g/mol. The first-order chi connectivity index (χ1) is 8.08. The normalized spacial score (nSPS) is 14.0. The van der Waals surface area contributed by atoms with Crippen LogP contribution in [-0.2, 0) is 0 Å². The molecule has 0 fully saturated rings. The van der Waals surface area contributed by atoms with Crippen LogP contribution in [0.15, 0.2) is 30.4 Å². The van der Waals surface area contributed by atoms with Gasteiger partial charge in [0.05, 0.1) is 11.1 Å². The molecule has 5 nitrogen and oxygen atoms in total. The number of hydrogen-bond acceptors (Lipinski definition) is 3. The molecule has 1 aromatic rings. The van der Waals surface area contributed by atoms with Gasteiger partial charge in [0.15, 0.2) is 0 Å². The van der Waals surface area contributed by atoms with Crippen molar-refractivity contribution in [2.45, 2.75) is 0 Å². The third-order valence-corrected chi connectivity index (χ3v) is 2.60. The van der Waals surface area contributed by atoms with Gasteiger partial charge in [-0.2, -0.15) is 0 Å². The van der Waals surface area contributed by atoms with E-state index < -0.39 is 11.9 Å². The van der Waals surface area contributed by atoms with Gasteiger partial charge in [0.1, 0.15) is 0 Å². The molecule has 2 rings (SSSR count). The molecule has 0 aliphatic carbocycles. The molecule has 5 heteroatoms. The van der Waals surface area contributed by atoms with E-state index in [-0.39, 0.29) is 11.1 Å². The van der Waals surface area contributed by atoms with Crippen molar-refractivity contribution >= 4 is 17.6 Å². The number of benzene rings is 1. The van der Waals surface area contributed by atoms with E-state index in [9.17, 15) is 9.59 Å². The average Bonchev–Trinajstić information content (AvgIpc) is 2.81. The minimum Gasteiger partial charge on any atom is -0.478 e. The number of rotatable bonds is 3. The second-order valence-corrected chi connectivity index (χ2v) is 3.76. The van der Waals surface area contributed by atoms with Crippen LogP contribution in [0.25, 0.3) is 0 Å². The minimum absolute atomic E-state index is 0.00759. The smallest absolute Gasteiger partial charge is 0.335 e. The van der Waals surface area contributed by atoms with Crippen LogP contribution in [0.5, 0.6) is 0 Å². The van der Waals surface area contributed by atoms with Crippen molar-refractivity contribution in [2.75, 3.05) is 18.0 Å². The van der Waals surface area contributed by atoms with Gasteiger partial charge in [0, 0.05) is 18.8 Å². The number of carboxylic acids is 2. The zero-order valence-electron chi connectivity index (χ0n) is 8.96. The van der Waals surface area contributed by atoms with Gasteiger partial charge in [-0.15, -0.1) is 0 Å². The third kappa shape index (κ3) is 2.28. The lowest BCUT2D eigenvalue weighted by Crippen LogP contribution is -2.19. The van der Waals surface area contributed by atoms with Crippen molar-refractivity contribution in [1.82, 2.24) is 0 Å². The summed E-state index contributed by atoms with van der Waals surface area (Å²) in [6.07, 6.45) is 3.90. The Bertz CT molecular complexity index is 467. The van der Waals surface area contributed by atoms with E-state index in [1.165, 1.54) is 12.1 Å². The van der Waals surface area contributed by atoms with Crippen LogP contribution in [-0.4, -0.2) is 35.2 Å². The van der Waals surface area contributed by atoms with Crippen LogP contribution >= 0.6 is 0 Å². The van der Waals surface area contributed by atoms with Gasteiger partial charge in [-0.3, -0.25) is 0 Å². The highest BCUT2D eigenvalue weighted by atomic mass is 16.4. The van der Waals surface area contributed by atoms with Crippen LogP contribution in [0.3, 0.4) is 0 Å². The lowest BCUT2D eigenvalue weighted by molar-refractivity contribution is 0.0696. The zero-order chi connectivity index (χ0) is 12.4. The molecule has 0 saturated carbocycles. The molecule has 0 unspecified atom stereocenters. The van der Waals surface area contributed by atoms with Crippen molar-refractivity contribution in [1.29, 1.82) is 0 Å². The van der Waals surface area contributed by atoms with Crippen LogP contribution in [0.4, 0.5) is 5.69 Å². The maximum absolute atomic E-state index is 10.9. The van der Waals surface area contributed by atoms with Crippen molar-refractivity contribution < 1.29 is 19.8 Å². The Morgan fingerprint density at radius 1 is 0.941 bits per heavy atom. The van der Waals surface area contributed by atoms with E-state index in [1.54, 1.807) is 0 Å². The van der Waals surface area contributed by atoms with Crippen LogP contribution < -0.4 is 4.90 Å². The highest BCUT2D eigenvalue weighted by Gasteiger charge is 2.15. The summed E-state index contributed by atoms with van der Waals surface area (Å²) in [5.74, 6) is -2.25. The third-order valence-electron chi connectivity index (χ3n) is 2.60. The first-order valence-electron chi connectivity index (χ1n) is 5.09. The van der Waals surface area contributed by atoms with Gasteiger partial charge in [-0.25, -0.2) is 9.59 Å². The number of anilines is 1. The molecule has 17 heavy (non-hydrogen) atoms. The molecule has 0 radical (unpaired) electrons. The molecular weight excluding hydrogens is 222 g/mol. The predicted molar refractivity (Wildman–Crippen MR) is 61.7 cm³/mol. The molecule has 0 spiro atoms. The van der Waals surface area contributed by atoms with Crippen LogP contribution in [0.1, 0.15) is 20.7 Å². The largest absolute Gasteiger partial charge is 0.478 e. The number of carbonyl (C=O) groups is 2. The molecule has 1 aliphatic heterocycles. The van der Waals surface area contributed by atoms with E-state index in [2.05, 4.69) is 0 Å². The van der Waals surface area contributed by atoms with Gasteiger partial charge in [0.2, 0.25) is 0 Å². The van der Waals surface area contributed by atoms with Gasteiger partial charge < -0.3 is 15.1 Å². The van der Waals surface area contributed by atoms with E-state index in [0.717, 1.165) is 6.07 Å². The Morgan fingerprint density at radius 3 is 1.82 bits per heavy atom. The standard InChI is InChI=1S/C12H11NO4/c14-11(15)8-5-9(12(16)17)7-10(6-8)13-3-1-2-4-13/h1-2,5-7H,3-4H2,(H,14,15)(H,16,17). The van der Waals surface area contributed by atoms with Crippen LogP contribution in [0.2, 0.25) is 0 Å². The molecular formula is C12H11NO4. The van der Waals surface area contributed by atoms with E-state index >= 15 is 0 Å². The maximum Gasteiger partial charge on any atom is 0.335 e. The number of carboxylic acid groups (broad SMARTS) is 2. The highest BCUT2D eigenvalue weighted by Crippen LogP contribution is 2.21. The lowest BCUT2D eigenvalue weighted by atomic mass is 10.1. The van der Waals surface area contributed by atoms with Crippen LogP contribution in [0, 0.1) is 0 Å². The molecule has 1 aromatic carbocycles. The van der Waals surface area contributed by atoms with Crippen molar-refractivity contribution in [3.05, 3.63) is 41.5 Å². The summed E-state index contributed by atoms with van der Waals surface area (Å²) in [6.45, 7) is 1.34. The van der Waals surface area contributed by atoms with Crippen molar-refractivity contribution in [3.8, 4) is 0 Å². The molecule has 1 heterocycles. The summed E-state index contributed by atoms with van der Waals surface area (Å²) in [5, 5.41) is 17.9. The quantitative estimate of drug-likeness (QED) is 0.773. The summed E-state index contributed by atoms with van der Waals surface area (Å²) in [4.78, 5) is 23.7. The Morgan fingerprint density at radius 2 is 1.41 bits per heavy atom. The zero-order valence-corrected chi connectivity index (χ0v) is 8.96. The van der Waals surface area contributed by atoms with E-state index in [1.807, 2.05) is 17.1 Å². The molecule has 0 aromatic heterocycles. The topological polar surface area (TPSA) is 77.8 Å². The molecule has 0 amide bonds. The Balaban J connectivity index is 2.44. The maximum atomic E-state index is 10.9. The fourth-order valence-electron chi connectivity index (χ4n) is 1.73. The number of hydrogen-bond donors (Lipinski definition) is 2. The fraction of sp³-hybridized carbons (Fsp3) is 0.167. The van der Waals surface area contributed by atoms with Crippen molar-refractivity contribution in [3.63, 3.8) is 0 Å². The number of nitrogens with zero attached hydrogens (tertiary/aromatic N) is 1. The van der Waals surface area contributed by atoms with Crippen molar-refractivity contribution in [2.24, 2.45) is 0 Å². The predicted octanol–water partition coefficient (Wildman–Crippen LogP) is 1.46. The van der Waals surface area contributed by atoms with E-state index in [0.29, 0.717) is 18.8 Å². The first kappa shape index (κ1) is 11.2. The summed E-state index contributed by atoms with van der Waals surface area (Å²) in [7, 11) is 0. The Labute approximate surface area is 97.6 Å². The highest BCUT2D eigenvalue weighted by molar-refractivity contribution is 5.95. The summed E-state index contributed by atoms with van der Waals surface area (Å²) >= 11 is 0. The molecule has 1 aliphatic rings. The number of aromatic carboxylic acids is 2. The Kier molecular flexibility index (Phi) is 2.82. The Hall–Kier alpha value is -2.30. The SMILES string of the molecule is O=C(O)c1cc(C(=O)O)cc(N2CC=CC2)c1. The molecule has 88 valence electrons. The lowest BCUT2D eigenvalue weighted by Gasteiger charge is -2.18. The first-order valence-corrected chi connectivity index (χ1v) is 5.09. The second-order valence-electron chi connectivity index (χ2n) is 3.76. The molecule has 0 atom stereocenters. The molecule has 0 bridgehead atoms. The van der Waals surface area contributed by atoms with Gasteiger partial charge in [-0.1, -0.05) is 12.2 Å². The summed E-state index contributed by atoms with van der Waals surface area (Å²) in [5.41, 5.74) is 0.603. The van der Waals surface area contributed by atoms with Gasteiger partial charge in [0.25, 0.3) is 0 Å². The second kappa shape index (κ2) is 4.29. The average molecular weight is 233 g/mol. The van der Waals surface area contributed by atoms with Gasteiger partial charge in [-0.05, 0) is 18.2 Å². The fourth-order valence-corrected chi connectivity index (χ4v) is 1.73.